The van der Waals surface area contributed by atoms with E-state index in [2.05, 4.69) is 15.2 Å². The fraction of sp³-hybridized carbons (Fsp3) is 0.393. The molecule has 2 aromatic carbocycles. The lowest BCUT2D eigenvalue weighted by Gasteiger charge is -2.31. The normalized spacial score (nSPS) is 13.0. The SMILES string of the molecule is CCC(=O)N(C)[C@H](C(=O)NCc1ccc(-c2ccccc2S(=O)(=O)Nc2noc(C)c2C)cc1)[C@@H](C)CC. The predicted octanol–water partition coefficient (Wildman–Crippen LogP) is 4.66. The average molecular weight is 541 g/mol. The number of hydrogen-bond donors (Lipinski definition) is 2. The summed E-state index contributed by atoms with van der Waals surface area (Å²) in [7, 11) is -2.26. The van der Waals surface area contributed by atoms with E-state index in [1.54, 1.807) is 46.0 Å². The first-order valence-corrected chi connectivity index (χ1v) is 14.2. The van der Waals surface area contributed by atoms with Crippen LogP contribution in [0.5, 0.6) is 0 Å². The number of carbonyl (C=O) groups is 2. The Labute approximate surface area is 224 Å². The Hall–Kier alpha value is -3.66. The Morgan fingerprint density at radius 1 is 1.05 bits per heavy atom. The molecule has 9 nitrogen and oxygen atoms in total. The molecule has 2 amide bonds. The molecule has 0 aliphatic carbocycles. The van der Waals surface area contributed by atoms with Gasteiger partial charge in [0.15, 0.2) is 5.82 Å². The number of benzene rings is 2. The standard InChI is InChI=1S/C28H36N4O5S/c1-7-18(3)26(32(6)25(33)8-2)28(34)29-17-21-13-15-22(16-14-21)23-11-9-10-12-24(23)38(35,36)31-27-19(4)20(5)37-30-27/h9-16,18,26H,7-8,17H2,1-6H3,(H,29,34)(H,30,31)/t18-,26-/m0/s1. The Morgan fingerprint density at radius 3 is 2.29 bits per heavy atom. The van der Waals surface area contributed by atoms with Crippen molar-refractivity contribution in [2.24, 2.45) is 5.92 Å². The van der Waals surface area contributed by atoms with Crippen LogP contribution in [0.1, 0.15) is 50.5 Å². The first kappa shape index (κ1) is 28.9. The van der Waals surface area contributed by atoms with E-state index in [0.717, 1.165) is 12.0 Å². The summed E-state index contributed by atoms with van der Waals surface area (Å²) in [4.78, 5) is 26.9. The van der Waals surface area contributed by atoms with Crippen LogP contribution in [0.25, 0.3) is 11.1 Å². The van der Waals surface area contributed by atoms with Crippen LogP contribution in [0.15, 0.2) is 57.9 Å². The summed E-state index contributed by atoms with van der Waals surface area (Å²) in [6.07, 6.45) is 1.10. The number of sulfonamides is 1. The molecule has 2 N–H and O–H groups in total. The van der Waals surface area contributed by atoms with Crippen molar-refractivity contribution in [3.8, 4) is 11.1 Å². The van der Waals surface area contributed by atoms with Crippen molar-refractivity contribution < 1.29 is 22.5 Å². The maximum atomic E-state index is 13.2. The molecule has 1 aromatic heterocycles. The van der Waals surface area contributed by atoms with Crippen molar-refractivity contribution in [2.75, 3.05) is 11.8 Å². The Kier molecular flexibility index (Phi) is 9.32. The molecule has 3 rings (SSSR count). The molecule has 0 bridgehead atoms. The van der Waals surface area contributed by atoms with Gasteiger partial charge in [-0.1, -0.05) is 74.8 Å². The molecule has 204 valence electrons. The van der Waals surface area contributed by atoms with E-state index in [0.29, 0.717) is 28.9 Å². The number of carbonyl (C=O) groups excluding carboxylic acids is 2. The van der Waals surface area contributed by atoms with Gasteiger partial charge in [0.1, 0.15) is 11.8 Å². The second kappa shape index (κ2) is 12.3. The molecule has 0 saturated heterocycles. The molecule has 10 heteroatoms. The zero-order valence-corrected chi connectivity index (χ0v) is 23.6. The molecule has 0 aliphatic rings. The number of likely N-dealkylation sites (N-methyl/N-ethyl adjacent to an activating group) is 1. The third kappa shape index (κ3) is 6.42. The van der Waals surface area contributed by atoms with Crippen LogP contribution >= 0.6 is 0 Å². The van der Waals surface area contributed by atoms with Gasteiger partial charge in [-0.2, -0.15) is 0 Å². The molecule has 38 heavy (non-hydrogen) atoms. The second-order valence-electron chi connectivity index (χ2n) is 9.42. The van der Waals surface area contributed by atoms with Gasteiger partial charge < -0.3 is 14.7 Å². The van der Waals surface area contributed by atoms with Crippen molar-refractivity contribution in [3.05, 3.63) is 65.4 Å². The molecule has 0 saturated carbocycles. The third-order valence-electron chi connectivity index (χ3n) is 6.86. The van der Waals surface area contributed by atoms with Crippen LogP contribution in [-0.4, -0.2) is 43.4 Å². The molecule has 0 fully saturated rings. The van der Waals surface area contributed by atoms with E-state index in [9.17, 15) is 18.0 Å². The largest absolute Gasteiger partial charge is 0.359 e. The van der Waals surface area contributed by atoms with Crippen molar-refractivity contribution in [2.45, 2.75) is 64.9 Å². The van der Waals surface area contributed by atoms with Crippen LogP contribution in [0.2, 0.25) is 0 Å². The van der Waals surface area contributed by atoms with Crippen molar-refractivity contribution in [3.63, 3.8) is 0 Å². The van der Waals surface area contributed by atoms with Crippen molar-refractivity contribution in [1.82, 2.24) is 15.4 Å². The summed E-state index contributed by atoms with van der Waals surface area (Å²) < 4.78 is 34.0. The lowest BCUT2D eigenvalue weighted by molar-refractivity contribution is -0.140. The number of amides is 2. The lowest BCUT2D eigenvalue weighted by Crippen LogP contribution is -2.50. The summed E-state index contributed by atoms with van der Waals surface area (Å²) in [5, 5.41) is 6.76. The van der Waals surface area contributed by atoms with Gasteiger partial charge in [-0.05, 0) is 37.0 Å². The highest BCUT2D eigenvalue weighted by molar-refractivity contribution is 7.92. The molecular formula is C28H36N4O5S. The Morgan fingerprint density at radius 2 is 1.71 bits per heavy atom. The highest BCUT2D eigenvalue weighted by atomic mass is 32.2. The average Bonchev–Trinajstić information content (AvgIpc) is 3.23. The molecule has 3 aromatic rings. The lowest BCUT2D eigenvalue weighted by atomic mass is 9.96. The number of aryl methyl sites for hydroxylation is 1. The molecule has 0 radical (unpaired) electrons. The number of anilines is 1. The maximum absolute atomic E-state index is 13.2. The van der Waals surface area contributed by atoms with E-state index in [1.165, 1.54) is 11.0 Å². The summed E-state index contributed by atoms with van der Waals surface area (Å²) in [5.74, 6) is 0.429. The molecular weight excluding hydrogens is 504 g/mol. The van der Waals surface area contributed by atoms with E-state index < -0.39 is 16.1 Å². The zero-order chi connectivity index (χ0) is 28.0. The summed E-state index contributed by atoms with van der Waals surface area (Å²) in [6, 6.07) is 13.5. The first-order valence-electron chi connectivity index (χ1n) is 12.7. The summed E-state index contributed by atoms with van der Waals surface area (Å²) >= 11 is 0. The smallest absolute Gasteiger partial charge is 0.263 e. The first-order chi connectivity index (χ1) is 18.0. The van der Waals surface area contributed by atoms with Gasteiger partial charge in [0, 0.05) is 31.1 Å². The predicted molar refractivity (Wildman–Crippen MR) is 147 cm³/mol. The van der Waals surface area contributed by atoms with Gasteiger partial charge in [-0.3, -0.25) is 14.3 Å². The molecule has 0 unspecified atom stereocenters. The van der Waals surface area contributed by atoms with Crippen LogP contribution in [-0.2, 0) is 26.2 Å². The van der Waals surface area contributed by atoms with Gasteiger partial charge in [0.05, 0.1) is 4.90 Å². The number of aromatic nitrogens is 1. The Bertz CT molecular complexity index is 1380. The molecule has 1 heterocycles. The zero-order valence-electron chi connectivity index (χ0n) is 22.7. The molecule has 2 atom stereocenters. The number of nitrogens with one attached hydrogen (secondary N) is 2. The number of nitrogens with zero attached hydrogens (tertiary/aromatic N) is 2. The minimum Gasteiger partial charge on any atom is -0.359 e. The minimum absolute atomic E-state index is 0.00916. The summed E-state index contributed by atoms with van der Waals surface area (Å²) in [5.41, 5.74) is 2.71. The maximum Gasteiger partial charge on any atom is 0.263 e. The fourth-order valence-electron chi connectivity index (χ4n) is 4.17. The quantitative estimate of drug-likeness (QED) is 0.365. The fourth-order valence-corrected chi connectivity index (χ4v) is 5.46. The van der Waals surface area contributed by atoms with E-state index in [-0.39, 0.29) is 35.0 Å². The van der Waals surface area contributed by atoms with Crippen LogP contribution in [0.4, 0.5) is 5.82 Å². The topological polar surface area (TPSA) is 122 Å². The van der Waals surface area contributed by atoms with Gasteiger partial charge in [0.2, 0.25) is 11.8 Å². The van der Waals surface area contributed by atoms with E-state index >= 15 is 0 Å². The van der Waals surface area contributed by atoms with Crippen molar-refractivity contribution >= 4 is 27.7 Å². The minimum atomic E-state index is -3.93. The van der Waals surface area contributed by atoms with Gasteiger partial charge in [0.25, 0.3) is 10.0 Å². The van der Waals surface area contributed by atoms with Crippen LogP contribution < -0.4 is 10.0 Å². The number of rotatable bonds is 11. The van der Waals surface area contributed by atoms with Crippen molar-refractivity contribution in [1.29, 1.82) is 0 Å². The molecule has 0 aliphatic heterocycles. The summed E-state index contributed by atoms with van der Waals surface area (Å²) in [6.45, 7) is 9.47. The monoisotopic (exact) mass is 540 g/mol. The third-order valence-corrected chi connectivity index (χ3v) is 8.26. The Balaban J connectivity index is 1.77. The second-order valence-corrected chi connectivity index (χ2v) is 11.1. The highest BCUT2D eigenvalue weighted by Crippen LogP contribution is 2.30. The van der Waals surface area contributed by atoms with Gasteiger partial charge >= 0.3 is 0 Å². The van der Waals surface area contributed by atoms with Gasteiger partial charge in [-0.25, -0.2) is 8.42 Å². The molecule has 0 spiro atoms. The van der Waals surface area contributed by atoms with E-state index in [4.69, 9.17) is 4.52 Å². The van der Waals surface area contributed by atoms with Crippen LogP contribution in [0.3, 0.4) is 0 Å². The van der Waals surface area contributed by atoms with E-state index in [1.807, 2.05) is 38.1 Å². The van der Waals surface area contributed by atoms with Gasteiger partial charge in [-0.15, -0.1) is 0 Å². The van der Waals surface area contributed by atoms with Crippen LogP contribution in [0, 0.1) is 19.8 Å². The number of hydrogen-bond acceptors (Lipinski definition) is 6. The highest BCUT2D eigenvalue weighted by Gasteiger charge is 2.30.